The lowest BCUT2D eigenvalue weighted by Gasteiger charge is -2.23. The van der Waals surface area contributed by atoms with Gasteiger partial charge in [-0.25, -0.2) is 0 Å². The molecule has 1 amide bonds. The second-order valence-electron chi connectivity index (χ2n) is 5.07. The predicted molar refractivity (Wildman–Crippen MR) is 73.0 cm³/mol. The van der Waals surface area contributed by atoms with Gasteiger partial charge in [-0.2, -0.15) is 0 Å². The van der Waals surface area contributed by atoms with Gasteiger partial charge in [0, 0.05) is 25.0 Å². The van der Waals surface area contributed by atoms with Gasteiger partial charge in [0.15, 0.2) is 0 Å². The molecular weight excluding hydrogens is 228 g/mol. The molecule has 0 bridgehead atoms. The quantitative estimate of drug-likeness (QED) is 0.863. The maximum atomic E-state index is 12.0. The van der Waals surface area contributed by atoms with Crippen molar-refractivity contribution in [3.63, 3.8) is 0 Å². The Kier molecular flexibility index (Phi) is 3.57. The summed E-state index contributed by atoms with van der Waals surface area (Å²) in [6, 6.07) is 5.97. The van der Waals surface area contributed by atoms with E-state index in [1.807, 2.05) is 18.2 Å². The summed E-state index contributed by atoms with van der Waals surface area (Å²) in [4.78, 5) is 12.0. The van der Waals surface area contributed by atoms with E-state index in [2.05, 4.69) is 10.6 Å². The van der Waals surface area contributed by atoms with Crippen molar-refractivity contribution < 1.29 is 9.53 Å². The summed E-state index contributed by atoms with van der Waals surface area (Å²) in [6.45, 7) is 4.53. The first-order valence-electron chi connectivity index (χ1n) is 6.26. The maximum absolute atomic E-state index is 12.0. The van der Waals surface area contributed by atoms with Crippen LogP contribution in [0.3, 0.4) is 0 Å². The van der Waals surface area contributed by atoms with Crippen molar-refractivity contribution >= 4 is 17.3 Å². The number of aryl methyl sites for hydroxylation is 1. The van der Waals surface area contributed by atoms with Crippen molar-refractivity contribution in [2.75, 3.05) is 24.3 Å². The number of anilines is 2. The van der Waals surface area contributed by atoms with E-state index in [-0.39, 0.29) is 5.91 Å². The van der Waals surface area contributed by atoms with E-state index in [0.29, 0.717) is 0 Å². The Morgan fingerprint density at radius 1 is 1.44 bits per heavy atom. The maximum Gasteiger partial charge on any atom is 0.256 e. The highest BCUT2D eigenvalue weighted by atomic mass is 16.5. The molecule has 0 unspecified atom stereocenters. The van der Waals surface area contributed by atoms with Crippen LogP contribution in [0.4, 0.5) is 11.4 Å². The molecule has 4 heteroatoms. The third-order valence-electron chi connectivity index (χ3n) is 3.36. The molecule has 2 N–H and O–H groups in total. The normalized spacial score (nSPS) is 14.6. The predicted octanol–water partition coefficient (Wildman–Crippen LogP) is 2.41. The average Bonchev–Trinajstić information content (AvgIpc) is 2.38. The minimum Gasteiger partial charge on any atom is -0.385 e. The Labute approximate surface area is 108 Å². The number of fused-ring (bicyclic) bond motifs is 1. The van der Waals surface area contributed by atoms with Crippen LogP contribution < -0.4 is 10.6 Å². The number of ether oxygens (including phenoxy) is 1. The summed E-state index contributed by atoms with van der Waals surface area (Å²) in [5.41, 5.74) is 2.45. The average molecular weight is 248 g/mol. The molecular formula is C14H20N2O2. The number of carbonyl (C=O) groups is 1. The first-order valence-corrected chi connectivity index (χ1v) is 6.26. The Balaban J connectivity index is 2.13. The Bertz CT molecular complexity index is 455. The fraction of sp³-hybridized carbons (Fsp3) is 0.500. The molecule has 0 saturated carbocycles. The van der Waals surface area contributed by atoms with E-state index in [0.717, 1.165) is 25.1 Å². The minimum absolute atomic E-state index is 0.131. The zero-order valence-electron chi connectivity index (χ0n) is 11.2. The van der Waals surface area contributed by atoms with Crippen molar-refractivity contribution in [2.24, 2.45) is 0 Å². The number of nitrogens with one attached hydrogen (secondary N) is 2. The monoisotopic (exact) mass is 248 g/mol. The Morgan fingerprint density at radius 2 is 2.22 bits per heavy atom. The Morgan fingerprint density at radius 3 is 2.94 bits per heavy atom. The molecule has 18 heavy (non-hydrogen) atoms. The second-order valence-corrected chi connectivity index (χ2v) is 5.07. The van der Waals surface area contributed by atoms with Gasteiger partial charge in [-0.15, -0.1) is 0 Å². The van der Waals surface area contributed by atoms with E-state index >= 15 is 0 Å². The molecule has 0 atom stereocenters. The van der Waals surface area contributed by atoms with Crippen molar-refractivity contribution in [2.45, 2.75) is 32.3 Å². The highest BCUT2D eigenvalue weighted by Crippen LogP contribution is 2.25. The molecule has 1 aromatic rings. The van der Waals surface area contributed by atoms with Gasteiger partial charge in [0.25, 0.3) is 5.91 Å². The van der Waals surface area contributed by atoms with Crippen molar-refractivity contribution in [3.05, 3.63) is 23.8 Å². The molecule has 0 saturated heterocycles. The molecule has 0 fully saturated rings. The van der Waals surface area contributed by atoms with Crippen LogP contribution in [-0.4, -0.2) is 25.2 Å². The van der Waals surface area contributed by atoms with Gasteiger partial charge in [-0.3, -0.25) is 4.79 Å². The molecule has 1 heterocycles. The van der Waals surface area contributed by atoms with E-state index < -0.39 is 5.60 Å². The van der Waals surface area contributed by atoms with E-state index in [9.17, 15) is 4.79 Å². The van der Waals surface area contributed by atoms with Gasteiger partial charge < -0.3 is 15.4 Å². The zero-order chi connectivity index (χ0) is 13.2. The fourth-order valence-corrected chi connectivity index (χ4v) is 1.93. The topological polar surface area (TPSA) is 50.4 Å². The molecule has 0 spiro atoms. The summed E-state index contributed by atoms with van der Waals surface area (Å²) in [5, 5.41) is 6.24. The number of amides is 1. The van der Waals surface area contributed by atoms with Crippen LogP contribution in [0.2, 0.25) is 0 Å². The van der Waals surface area contributed by atoms with Gasteiger partial charge in [-0.05, 0) is 50.5 Å². The largest absolute Gasteiger partial charge is 0.385 e. The number of hydrogen-bond donors (Lipinski definition) is 2. The molecule has 1 aliphatic rings. The number of rotatable bonds is 3. The van der Waals surface area contributed by atoms with E-state index in [1.54, 1.807) is 13.8 Å². The van der Waals surface area contributed by atoms with Gasteiger partial charge in [0.05, 0.1) is 0 Å². The standard InChI is InChI=1S/C14H20N2O2/c1-14(2,18-3)13(17)16-11-6-7-12-10(9-11)5-4-8-15-12/h6-7,9,15H,4-5,8H2,1-3H3,(H,16,17). The highest BCUT2D eigenvalue weighted by Gasteiger charge is 2.27. The minimum atomic E-state index is -0.811. The number of carbonyl (C=O) groups excluding carboxylic acids is 1. The van der Waals surface area contributed by atoms with Gasteiger partial charge in [0.1, 0.15) is 5.60 Å². The number of methoxy groups -OCH3 is 1. The lowest BCUT2D eigenvalue weighted by Crippen LogP contribution is -2.38. The lowest BCUT2D eigenvalue weighted by atomic mass is 10.0. The van der Waals surface area contributed by atoms with Crippen LogP contribution in [0.15, 0.2) is 18.2 Å². The van der Waals surface area contributed by atoms with Crippen molar-refractivity contribution in [1.29, 1.82) is 0 Å². The molecule has 98 valence electrons. The molecule has 0 aliphatic carbocycles. The van der Waals surface area contributed by atoms with Crippen LogP contribution in [0, 0.1) is 0 Å². The summed E-state index contributed by atoms with van der Waals surface area (Å²) in [7, 11) is 1.54. The summed E-state index contributed by atoms with van der Waals surface area (Å²) < 4.78 is 5.16. The molecule has 1 aromatic carbocycles. The molecule has 0 radical (unpaired) electrons. The highest BCUT2D eigenvalue weighted by molar-refractivity contribution is 5.97. The molecule has 0 aromatic heterocycles. The number of benzene rings is 1. The SMILES string of the molecule is COC(C)(C)C(=O)Nc1ccc2c(c1)CCCN2. The zero-order valence-corrected chi connectivity index (χ0v) is 11.2. The van der Waals surface area contributed by atoms with Crippen LogP contribution in [0.5, 0.6) is 0 Å². The van der Waals surface area contributed by atoms with Gasteiger partial charge in [-0.1, -0.05) is 0 Å². The van der Waals surface area contributed by atoms with Gasteiger partial charge in [0.2, 0.25) is 0 Å². The molecule has 4 nitrogen and oxygen atoms in total. The van der Waals surface area contributed by atoms with Crippen LogP contribution >= 0.6 is 0 Å². The lowest BCUT2D eigenvalue weighted by molar-refractivity contribution is -0.133. The van der Waals surface area contributed by atoms with E-state index in [1.165, 1.54) is 18.4 Å². The molecule has 2 rings (SSSR count). The first kappa shape index (κ1) is 12.9. The third kappa shape index (κ3) is 2.64. The smallest absolute Gasteiger partial charge is 0.256 e. The van der Waals surface area contributed by atoms with Crippen molar-refractivity contribution in [1.82, 2.24) is 0 Å². The third-order valence-corrected chi connectivity index (χ3v) is 3.36. The Hall–Kier alpha value is -1.55. The van der Waals surface area contributed by atoms with Crippen molar-refractivity contribution in [3.8, 4) is 0 Å². The summed E-state index contributed by atoms with van der Waals surface area (Å²) in [6.07, 6.45) is 2.19. The van der Waals surface area contributed by atoms with Crippen LogP contribution in [0.1, 0.15) is 25.8 Å². The number of hydrogen-bond acceptors (Lipinski definition) is 3. The van der Waals surface area contributed by atoms with Crippen LogP contribution in [0.25, 0.3) is 0 Å². The first-order chi connectivity index (χ1) is 8.53. The van der Waals surface area contributed by atoms with E-state index in [4.69, 9.17) is 4.74 Å². The second kappa shape index (κ2) is 4.98. The summed E-state index contributed by atoms with van der Waals surface area (Å²) >= 11 is 0. The molecule has 1 aliphatic heterocycles. The fourth-order valence-electron chi connectivity index (χ4n) is 1.93. The van der Waals surface area contributed by atoms with Crippen LogP contribution in [-0.2, 0) is 16.0 Å². The van der Waals surface area contributed by atoms with Gasteiger partial charge >= 0.3 is 0 Å². The summed E-state index contributed by atoms with van der Waals surface area (Å²) in [5.74, 6) is -0.131.